The quantitative estimate of drug-likeness (QED) is 0.662. The van der Waals surface area contributed by atoms with Crippen molar-refractivity contribution in [3.05, 3.63) is 81.2 Å². The van der Waals surface area contributed by atoms with Gasteiger partial charge in [-0.1, -0.05) is 17.7 Å². The second-order valence-corrected chi connectivity index (χ2v) is 8.48. The molecule has 5 rings (SSSR count). The maximum atomic E-state index is 14.3. The van der Waals surface area contributed by atoms with Crippen molar-refractivity contribution in [3.8, 4) is 0 Å². The van der Waals surface area contributed by atoms with Gasteiger partial charge < -0.3 is 9.64 Å². The number of likely N-dealkylation sites (N-methyl/N-ethyl adjacent to an activating group) is 1. The molecule has 2 aromatic rings. The van der Waals surface area contributed by atoms with Crippen LogP contribution in [0.3, 0.4) is 0 Å². The molecule has 0 spiro atoms. The summed E-state index contributed by atoms with van der Waals surface area (Å²) in [5.41, 5.74) is 4.27. The largest absolute Gasteiger partial charge is 0.466 e. The van der Waals surface area contributed by atoms with Crippen LogP contribution in [0.15, 0.2) is 69.7 Å². The van der Waals surface area contributed by atoms with E-state index in [-0.39, 0.29) is 12.5 Å². The molecule has 1 aromatic heterocycles. The predicted molar refractivity (Wildman–Crippen MR) is 113 cm³/mol. The molecule has 0 unspecified atom stereocenters. The van der Waals surface area contributed by atoms with Crippen LogP contribution in [-0.4, -0.2) is 29.7 Å². The van der Waals surface area contributed by atoms with E-state index in [0.29, 0.717) is 38.8 Å². The maximum Gasteiger partial charge on any atom is 0.265 e. The molecule has 3 heterocycles. The number of halogens is 2. The number of allylic oxidation sites excluding steroid dienone is 5. The molecule has 0 saturated carbocycles. The molecule has 0 fully saturated rings. The van der Waals surface area contributed by atoms with Crippen molar-refractivity contribution >= 4 is 33.0 Å². The zero-order chi connectivity index (χ0) is 21.0. The fraction of sp³-hybridized carbons (Fsp3) is 0.217. The van der Waals surface area contributed by atoms with Crippen molar-refractivity contribution in [2.24, 2.45) is 4.99 Å². The highest BCUT2D eigenvalue weighted by Gasteiger charge is 2.33. The van der Waals surface area contributed by atoms with Gasteiger partial charge in [0.15, 0.2) is 6.61 Å². The van der Waals surface area contributed by atoms with Gasteiger partial charge in [-0.25, -0.2) is 13.8 Å². The van der Waals surface area contributed by atoms with E-state index in [2.05, 4.69) is 12.2 Å². The number of amides is 1. The third-order valence-corrected chi connectivity index (χ3v) is 6.44. The molecule has 1 aliphatic carbocycles. The summed E-state index contributed by atoms with van der Waals surface area (Å²) in [6.07, 6.45) is 6.85. The molecule has 0 radical (unpaired) electrons. The van der Waals surface area contributed by atoms with E-state index in [1.54, 1.807) is 11.0 Å². The minimum atomic E-state index is -0.608. The maximum absolute atomic E-state index is 14.3. The lowest BCUT2D eigenvalue weighted by Crippen LogP contribution is -2.38. The number of nitrogens with zero attached hydrogens (tertiary/aromatic N) is 2. The first-order chi connectivity index (χ1) is 14.4. The summed E-state index contributed by atoms with van der Waals surface area (Å²) in [5.74, 6) is -0.940. The number of hydrogen-bond donors (Lipinski definition) is 0. The first-order valence-electron chi connectivity index (χ1n) is 9.69. The Bertz CT molecular complexity index is 1260. The lowest BCUT2D eigenvalue weighted by atomic mass is 9.91. The van der Waals surface area contributed by atoms with Crippen LogP contribution in [0.1, 0.15) is 25.1 Å². The average Bonchev–Trinajstić information content (AvgIpc) is 3.06. The SMILES string of the molecule is CCN1C(=O)COC2=C1C1=CCC(C)=CC1=CC(c1cc3c(F)cc(F)cc3s1)=N2. The van der Waals surface area contributed by atoms with Crippen molar-refractivity contribution < 1.29 is 18.3 Å². The first-order valence-corrected chi connectivity index (χ1v) is 10.5. The highest BCUT2D eigenvalue weighted by atomic mass is 32.1. The molecule has 0 bridgehead atoms. The summed E-state index contributed by atoms with van der Waals surface area (Å²) in [6.45, 7) is 4.39. The number of carbonyl (C=O) groups is 1. The molecule has 0 saturated heterocycles. The van der Waals surface area contributed by atoms with Gasteiger partial charge in [0.05, 0.1) is 10.6 Å². The van der Waals surface area contributed by atoms with E-state index in [9.17, 15) is 13.6 Å². The van der Waals surface area contributed by atoms with Gasteiger partial charge in [-0.3, -0.25) is 4.79 Å². The number of thiophene rings is 1. The van der Waals surface area contributed by atoms with Crippen LogP contribution < -0.4 is 0 Å². The normalized spacial score (nSPS) is 18.8. The highest BCUT2D eigenvalue weighted by Crippen LogP contribution is 2.38. The fourth-order valence-corrected chi connectivity index (χ4v) is 5.00. The second kappa shape index (κ2) is 7.02. The number of carbonyl (C=O) groups excluding carboxylic acids is 1. The molecule has 3 aliphatic rings. The van der Waals surface area contributed by atoms with E-state index in [0.717, 1.165) is 23.6 Å². The van der Waals surface area contributed by atoms with Crippen molar-refractivity contribution in [3.63, 3.8) is 0 Å². The summed E-state index contributed by atoms with van der Waals surface area (Å²) in [6, 6.07) is 3.90. The molecule has 152 valence electrons. The van der Waals surface area contributed by atoms with Gasteiger partial charge in [-0.05, 0) is 44.1 Å². The van der Waals surface area contributed by atoms with Gasteiger partial charge in [-0.15, -0.1) is 11.3 Å². The molecule has 30 heavy (non-hydrogen) atoms. The Kier molecular flexibility index (Phi) is 4.43. The fourth-order valence-electron chi connectivity index (χ4n) is 3.94. The van der Waals surface area contributed by atoms with Crippen LogP contribution in [0, 0.1) is 11.6 Å². The van der Waals surface area contributed by atoms with E-state index in [1.807, 2.05) is 19.9 Å². The van der Waals surface area contributed by atoms with E-state index >= 15 is 0 Å². The molecular weight excluding hydrogens is 406 g/mol. The zero-order valence-electron chi connectivity index (χ0n) is 16.5. The molecular formula is C23H18F2N2O2S. The Hall–Kier alpha value is -3.06. The van der Waals surface area contributed by atoms with Crippen LogP contribution in [0.5, 0.6) is 0 Å². The lowest BCUT2D eigenvalue weighted by Gasteiger charge is -2.31. The van der Waals surface area contributed by atoms with Crippen molar-refractivity contribution in [2.75, 3.05) is 13.2 Å². The topological polar surface area (TPSA) is 41.9 Å². The van der Waals surface area contributed by atoms with Crippen molar-refractivity contribution in [2.45, 2.75) is 20.3 Å². The van der Waals surface area contributed by atoms with Gasteiger partial charge in [0.25, 0.3) is 5.91 Å². The highest BCUT2D eigenvalue weighted by molar-refractivity contribution is 7.21. The van der Waals surface area contributed by atoms with Gasteiger partial charge in [0, 0.05) is 28.3 Å². The van der Waals surface area contributed by atoms with E-state index in [4.69, 9.17) is 9.73 Å². The number of ether oxygens (including phenoxy) is 1. The minimum absolute atomic E-state index is 0.0762. The summed E-state index contributed by atoms with van der Waals surface area (Å²) in [4.78, 5) is 19.6. The van der Waals surface area contributed by atoms with Crippen LogP contribution in [0.2, 0.25) is 0 Å². The minimum Gasteiger partial charge on any atom is -0.466 e. The molecule has 0 N–H and O–H groups in total. The Labute approximate surface area is 176 Å². The summed E-state index contributed by atoms with van der Waals surface area (Å²) in [7, 11) is 0. The monoisotopic (exact) mass is 424 g/mol. The Morgan fingerprint density at radius 2 is 2.07 bits per heavy atom. The Morgan fingerprint density at radius 1 is 1.23 bits per heavy atom. The number of rotatable bonds is 2. The molecule has 7 heteroatoms. The third-order valence-electron chi connectivity index (χ3n) is 5.34. The smallest absolute Gasteiger partial charge is 0.265 e. The van der Waals surface area contributed by atoms with E-state index < -0.39 is 11.6 Å². The number of fused-ring (bicyclic) bond motifs is 3. The van der Waals surface area contributed by atoms with Gasteiger partial charge in [-0.2, -0.15) is 0 Å². The van der Waals surface area contributed by atoms with Crippen LogP contribution in [-0.2, 0) is 9.53 Å². The first kappa shape index (κ1) is 18.9. The van der Waals surface area contributed by atoms with Gasteiger partial charge >= 0.3 is 0 Å². The zero-order valence-corrected chi connectivity index (χ0v) is 17.3. The Balaban J connectivity index is 1.74. The molecule has 0 atom stereocenters. The standard InChI is InChI=1S/C23H18F2N2O2S/c1-3-27-21(28)11-29-23-22(27)15-5-4-12(2)6-13(15)7-18(26-23)20-10-16-17(25)8-14(24)9-19(16)30-20/h5-10H,3-4,11H2,1-2H3. The second-order valence-electron chi connectivity index (χ2n) is 7.40. The van der Waals surface area contributed by atoms with E-state index in [1.165, 1.54) is 23.0 Å². The number of hydrogen-bond acceptors (Lipinski definition) is 4. The lowest BCUT2D eigenvalue weighted by molar-refractivity contribution is -0.135. The molecule has 1 aromatic carbocycles. The average molecular weight is 424 g/mol. The Morgan fingerprint density at radius 3 is 2.87 bits per heavy atom. The molecule has 4 nitrogen and oxygen atoms in total. The molecule has 1 amide bonds. The van der Waals surface area contributed by atoms with Gasteiger partial charge in [0.1, 0.15) is 17.3 Å². The van der Waals surface area contributed by atoms with Crippen molar-refractivity contribution in [1.82, 2.24) is 4.90 Å². The van der Waals surface area contributed by atoms with Crippen LogP contribution in [0.4, 0.5) is 8.78 Å². The summed E-state index contributed by atoms with van der Waals surface area (Å²) in [5, 5.41) is 0.358. The van der Waals surface area contributed by atoms with Gasteiger partial charge in [0.2, 0.25) is 5.88 Å². The van der Waals surface area contributed by atoms with Crippen LogP contribution in [0.25, 0.3) is 10.1 Å². The predicted octanol–water partition coefficient (Wildman–Crippen LogP) is 5.23. The summed E-state index contributed by atoms with van der Waals surface area (Å²) < 4.78 is 34.2. The summed E-state index contributed by atoms with van der Waals surface area (Å²) >= 11 is 1.27. The van der Waals surface area contributed by atoms with Crippen molar-refractivity contribution in [1.29, 1.82) is 0 Å². The molecule has 2 aliphatic heterocycles. The van der Waals surface area contributed by atoms with Crippen LogP contribution >= 0.6 is 11.3 Å². The number of aliphatic imine (C=N–C) groups is 1. The number of benzene rings is 1. The third kappa shape index (κ3) is 3.01.